The molecule has 0 heterocycles. The number of carbonyl (C=O) groups excluding carboxylic acids is 1. The number of amides is 1. The summed E-state index contributed by atoms with van der Waals surface area (Å²) in [6.45, 7) is 0.716. The zero-order valence-corrected chi connectivity index (χ0v) is 14.0. The Hall–Kier alpha value is -1.45. The maximum atomic E-state index is 11.7. The molecule has 0 atom stereocenters. The van der Waals surface area contributed by atoms with Crippen molar-refractivity contribution in [2.24, 2.45) is 0 Å². The molecule has 2 aromatic rings. The van der Waals surface area contributed by atoms with E-state index in [0.29, 0.717) is 12.3 Å². The summed E-state index contributed by atoms with van der Waals surface area (Å²) in [6.07, 6.45) is 1.89. The van der Waals surface area contributed by atoms with Crippen LogP contribution in [0, 0.1) is 0 Å². The van der Waals surface area contributed by atoms with Crippen molar-refractivity contribution in [3.8, 4) is 0 Å². The standard InChI is InChI=1S/C18H20ClNOS/c19-17-10-8-15(9-11-17)7-4-12-20-18(21)14-22-13-16-5-2-1-3-6-16/h1-3,5-6,8-11H,4,7,12-14H2,(H,20,21). The van der Waals surface area contributed by atoms with E-state index in [4.69, 9.17) is 11.6 Å². The van der Waals surface area contributed by atoms with Crippen molar-refractivity contribution in [2.75, 3.05) is 12.3 Å². The van der Waals surface area contributed by atoms with Crippen LogP contribution in [0.3, 0.4) is 0 Å². The van der Waals surface area contributed by atoms with Gasteiger partial charge in [0.05, 0.1) is 5.75 Å². The zero-order chi connectivity index (χ0) is 15.6. The highest BCUT2D eigenvalue weighted by Crippen LogP contribution is 2.12. The fraction of sp³-hybridized carbons (Fsp3) is 0.278. The van der Waals surface area contributed by atoms with Crippen molar-refractivity contribution in [1.29, 1.82) is 0 Å². The second kappa shape index (κ2) is 9.54. The Balaban J connectivity index is 1.55. The van der Waals surface area contributed by atoms with Crippen LogP contribution in [0.5, 0.6) is 0 Å². The van der Waals surface area contributed by atoms with Crippen molar-refractivity contribution in [1.82, 2.24) is 5.32 Å². The Morgan fingerprint density at radius 1 is 1.00 bits per heavy atom. The van der Waals surface area contributed by atoms with E-state index >= 15 is 0 Å². The van der Waals surface area contributed by atoms with Gasteiger partial charge >= 0.3 is 0 Å². The zero-order valence-electron chi connectivity index (χ0n) is 12.4. The third-order valence-electron chi connectivity index (χ3n) is 3.22. The molecule has 0 fully saturated rings. The van der Waals surface area contributed by atoms with Gasteiger partial charge in [0.15, 0.2) is 0 Å². The average Bonchev–Trinajstić information content (AvgIpc) is 2.54. The molecule has 2 nitrogen and oxygen atoms in total. The summed E-state index contributed by atoms with van der Waals surface area (Å²) >= 11 is 7.49. The first-order chi connectivity index (χ1) is 10.7. The monoisotopic (exact) mass is 333 g/mol. The summed E-state index contributed by atoms with van der Waals surface area (Å²) in [5.74, 6) is 1.49. The lowest BCUT2D eigenvalue weighted by Crippen LogP contribution is -2.26. The minimum absolute atomic E-state index is 0.108. The molecule has 4 heteroatoms. The van der Waals surface area contributed by atoms with Gasteiger partial charge in [-0.1, -0.05) is 54.1 Å². The van der Waals surface area contributed by atoms with Crippen molar-refractivity contribution >= 4 is 29.3 Å². The molecule has 1 N–H and O–H groups in total. The van der Waals surface area contributed by atoms with Gasteiger partial charge in [-0.05, 0) is 36.1 Å². The third kappa shape index (κ3) is 6.54. The second-order valence-electron chi connectivity index (χ2n) is 5.06. The van der Waals surface area contributed by atoms with E-state index in [1.165, 1.54) is 11.1 Å². The molecule has 0 saturated carbocycles. The number of aryl methyl sites for hydroxylation is 1. The van der Waals surface area contributed by atoms with Crippen LogP contribution >= 0.6 is 23.4 Å². The van der Waals surface area contributed by atoms with Gasteiger partial charge in [0.2, 0.25) is 5.91 Å². The fourth-order valence-electron chi connectivity index (χ4n) is 2.06. The summed E-state index contributed by atoms with van der Waals surface area (Å²) in [7, 11) is 0. The van der Waals surface area contributed by atoms with Crippen molar-refractivity contribution in [3.05, 3.63) is 70.7 Å². The van der Waals surface area contributed by atoms with E-state index in [1.54, 1.807) is 11.8 Å². The van der Waals surface area contributed by atoms with E-state index in [0.717, 1.165) is 23.6 Å². The molecular formula is C18H20ClNOS. The van der Waals surface area contributed by atoms with Crippen LogP contribution in [0.25, 0.3) is 0 Å². The fourth-order valence-corrected chi connectivity index (χ4v) is 3.00. The number of hydrogen-bond acceptors (Lipinski definition) is 2. The highest BCUT2D eigenvalue weighted by molar-refractivity contribution is 7.99. The topological polar surface area (TPSA) is 29.1 Å². The molecule has 0 saturated heterocycles. The number of rotatable bonds is 8. The van der Waals surface area contributed by atoms with Crippen LogP contribution in [0.15, 0.2) is 54.6 Å². The van der Waals surface area contributed by atoms with Crippen molar-refractivity contribution in [2.45, 2.75) is 18.6 Å². The van der Waals surface area contributed by atoms with Crippen LogP contribution < -0.4 is 5.32 Å². The van der Waals surface area contributed by atoms with E-state index < -0.39 is 0 Å². The molecule has 22 heavy (non-hydrogen) atoms. The lowest BCUT2D eigenvalue weighted by Gasteiger charge is -2.06. The van der Waals surface area contributed by atoms with Crippen molar-refractivity contribution < 1.29 is 4.79 Å². The minimum atomic E-state index is 0.108. The van der Waals surface area contributed by atoms with Gasteiger partial charge in [0, 0.05) is 17.3 Å². The second-order valence-corrected chi connectivity index (χ2v) is 6.48. The molecule has 0 bridgehead atoms. The molecule has 116 valence electrons. The smallest absolute Gasteiger partial charge is 0.230 e. The van der Waals surface area contributed by atoms with Gasteiger partial charge < -0.3 is 5.32 Å². The number of benzene rings is 2. The lowest BCUT2D eigenvalue weighted by atomic mass is 10.1. The SMILES string of the molecule is O=C(CSCc1ccccc1)NCCCc1ccc(Cl)cc1. The summed E-state index contributed by atoms with van der Waals surface area (Å²) in [5.41, 5.74) is 2.50. The first-order valence-corrected chi connectivity index (χ1v) is 8.90. The summed E-state index contributed by atoms with van der Waals surface area (Å²) in [5, 5.41) is 3.72. The molecular weight excluding hydrogens is 314 g/mol. The van der Waals surface area contributed by atoms with Crippen LogP contribution in [-0.2, 0) is 17.0 Å². The molecule has 0 aromatic heterocycles. The van der Waals surface area contributed by atoms with Crippen LogP contribution in [-0.4, -0.2) is 18.2 Å². The van der Waals surface area contributed by atoms with Gasteiger partial charge in [-0.2, -0.15) is 0 Å². The highest BCUT2D eigenvalue weighted by atomic mass is 35.5. The normalized spacial score (nSPS) is 10.4. The first-order valence-electron chi connectivity index (χ1n) is 7.37. The predicted molar refractivity (Wildman–Crippen MR) is 95.4 cm³/mol. The van der Waals surface area contributed by atoms with Gasteiger partial charge in [0.1, 0.15) is 0 Å². The van der Waals surface area contributed by atoms with Gasteiger partial charge in [-0.15, -0.1) is 11.8 Å². The molecule has 0 aliphatic carbocycles. The molecule has 1 amide bonds. The number of nitrogens with one attached hydrogen (secondary N) is 1. The number of carbonyl (C=O) groups is 1. The largest absolute Gasteiger partial charge is 0.355 e. The Kier molecular flexibility index (Phi) is 7.34. The maximum absolute atomic E-state index is 11.7. The molecule has 0 unspecified atom stereocenters. The van der Waals surface area contributed by atoms with Crippen LogP contribution in [0.2, 0.25) is 5.02 Å². The minimum Gasteiger partial charge on any atom is -0.355 e. The van der Waals surface area contributed by atoms with E-state index in [9.17, 15) is 4.79 Å². The Labute approximate surface area is 141 Å². The molecule has 0 aliphatic rings. The molecule has 2 rings (SSSR count). The van der Waals surface area contributed by atoms with E-state index in [2.05, 4.69) is 17.4 Å². The number of hydrogen-bond donors (Lipinski definition) is 1. The predicted octanol–water partition coefficient (Wildman–Crippen LogP) is 4.32. The van der Waals surface area contributed by atoms with Crippen molar-refractivity contribution in [3.63, 3.8) is 0 Å². The Bertz CT molecular complexity index is 571. The lowest BCUT2D eigenvalue weighted by molar-refractivity contribution is -0.118. The third-order valence-corrected chi connectivity index (χ3v) is 4.48. The molecule has 2 aromatic carbocycles. The van der Waals surface area contributed by atoms with Gasteiger partial charge in [0.25, 0.3) is 0 Å². The maximum Gasteiger partial charge on any atom is 0.230 e. The molecule has 0 radical (unpaired) electrons. The van der Waals surface area contributed by atoms with E-state index in [1.807, 2.05) is 42.5 Å². The van der Waals surface area contributed by atoms with Crippen LogP contribution in [0.1, 0.15) is 17.5 Å². The quantitative estimate of drug-likeness (QED) is 0.729. The molecule has 0 aliphatic heterocycles. The summed E-state index contributed by atoms with van der Waals surface area (Å²) in [6, 6.07) is 18.1. The van der Waals surface area contributed by atoms with E-state index in [-0.39, 0.29) is 5.91 Å². The highest BCUT2D eigenvalue weighted by Gasteiger charge is 2.01. The Morgan fingerprint density at radius 2 is 1.73 bits per heavy atom. The molecule has 0 spiro atoms. The van der Waals surface area contributed by atoms with Crippen LogP contribution in [0.4, 0.5) is 0 Å². The van der Waals surface area contributed by atoms with Gasteiger partial charge in [-0.25, -0.2) is 0 Å². The number of thioether (sulfide) groups is 1. The summed E-state index contributed by atoms with van der Waals surface area (Å²) < 4.78 is 0. The first kappa shape index (κ1) is 16.9. The average molecular weight is 334 g/mol. The number of halogens is 1. The van der Waals surface area contributed by atoms with Gasteiger partial charge in [-0.3, -0.25) is 4.79 Å². The summed E-state index contributed by atoms with van der Waals surface area (Å²) in [4.78, 5) is 11.7. The Morgan fingerprint density at radius 3 is 2.45 bits per heavy atom.